The second kappa shape index (κ2) is 8.88. The summed E-state index contributed by atoms with van der Waals surface area (Å²) in [7, 11) is 1.56. The zero-order chi connectivity index (χ0) is 22.0. The molecule has 0 radical (unpaired) electrons. The number of aromatic nitrogens is 1. The van der Waals surface area contributed by atoms with E-state index in [0.29, 0.717) is 23.9 Å². The molecule has 2 unspecified atom stereocenters. The molecular weight excluding hydrogens is 400 g/mol. The van der Waals surface area contributed by atoms with Crippen LogP contribution in [0.3, 0.4) is 0 Å². The van der Waals surface area contributed by atoms with Crippen LogP contribution in [-0.4, -0.2) is 41.0 Å². The van der Waals surface area contributed by atoms with E-state index in [0.717, 1.165) is 18.4 Å². The zero-order valence-corrected chi connectivity index (χ0v) is 17.3. The first kappa shape index (κ1) is 21.0. The maximum Gasteiger partial charge on any atom is 0.256 e. The SMILES string of the molecule is CNC(=O)c1ccc(CN(C(=O)c2c[nH]c3cccc(F)c23)C2CCCCC2F)cc1. The van der Waals surface area contributed by atoms with Crippen molar-refractivity contribution in [2.24, 2.45) is 0 Å². The van der Waals surface area contributed by atoms with Crippen molar-refractivity contribution >= 4 is 22.7 Å². The first-order valence-corrected chi connectivity index (χ1v) is 10.5. The van der Waals surface area contributed by atoms with E-state index < -0.39 is 23.9 Å². The van der Waals surface area contributed by atoms with Crippen LogP contribution in [0, 0.1) is 5.82 Å². The maximum atomic E-state index is 14.9. The summed E-state index contributed by atoms with van der Waals surface area (Å²) in [6.45, 7) is 0.180. The molecule has 1 heterocycles. The molecule has 1 aliphatic carbocycles. The van der Waals surface area contributed by atoms with E-state index in [-0.39, 0.29) is 23.4 Å². The number of rotatable bonds is 5. The van der Waals surface area contributed by atoms with Gasteiger partial charge in [0.05, 0.1) is 11.6 Å². The Morgan fingerprint density at radius 2 is 1.87 bits per heavy atom. The standard InChI is InChI=1S/C24H25F2N3O2/c1-27-23(30)16-11-9-15(10-12-16)14-29(21-8-3-2-5-18(21)25)24(31)17-13-28-20-7-4-6-19(26)22(17)20/h4,6-7,9-13,18,21,28H,2-3,5,8,14H2,1H3,(H,27,30). The fourth-order valence-electron chi connectivity index (χ4n) is 4.32. The van der Waals surface area contributed by atoms with Gasteiger partial charge in [-0.05, 0) is 42.7 Å². The summed E-state index contributed by atoms with van der Waals surface area (Å²) >= 11 is 0. The summed E-state index contributed by atoms with van der Waals surface area (Å²) in [5, 5.41) is 2.79. The molecular formula is C24H25F2N3O2. The predicted molar refractivity (Wildman–Crippen MR) is 115 cm³/mol. The minimum atomic E-state index is -1.13. The molecule has 4 rings (SSSR count). The highest BCUT2D eigenvalue weighted by Gasteiger charge is 2.34. The highest BCUT2D eigenvalue weighted by molar-refractivity contribution is 6.07. The number of carbonyl (C=O) groups is 2. The van der Waals surface area contributed by atoms with Crippen LogP contribution in [0.2, 0.25) is 0 Å². The molecule has 2 atom stereocenters. The fourth-order valence-corrected chi connectivity index (χ4v) is 4.32. The lowest BCUT2D eigenvalue weighted by atomic mass is 9.91. The predicted octanol–water partition coefficient (Wildman–Crippen LogP) is 4.59. The molecule has 3 aromatic rings. The number of alkyl halides is 1. The molecule has 1 saturated carbocycles. The van der Waals surface area contributed by atoms with Gasteiger partial charge in [-0.3, -0.25) is 9.59 Å². The van der Waals surface area contributed by atoms with Crippen molar-refractivity contribution < 1.29 is 18.4 Å². The molecule has 2 amide bonds. The zero-order valence-electron chi connectivity index (χ0n) is 17.3. The molecule has 2 aromatic carbocycles. The largest absolute Gasteiger partial charge is 0.360 e. The van der Waals surface area contributed by atoms with Crippen LogP contribution in [0.5, 0.6) is 0 Å². The number of nitrogens with one attached hydrogen (secondary N) is 2. The number of hydrogen-bond acceptors (Lipinski definition) is 2. The number of hydrogen-bond donors (Lipinski definition) is 2. The normalized spacial score (nSPS) is 18.7. The summed E-state index contributed by atoms with van der Waals surface area (Å²) in [5.41, 5.74) is 2.01. The smallest absolute Gasteiger partial charge is 0.256 e. The number of nitrogens with zero attached hydrogens (tertiary/aromatic N) is 1. The van der Waals surface area contributed by atoms with E-state index in [9.17, 15) is 18.4 Å². The molecule has 2 N–H and O–H groups in total. The van der Waals surface area contributed by atoms with Gasteiger partial charge in [-0.2, -0.15) is 0 Å². The lowest BCUT2D eigenvalue weighted by Gasteiger charge is -2.36. The number of amides is 2. The van der Waals surface area contributed by atoms with Gasteiger partial charge in [0.1, 0.15) is 12.0 Å². The molecule has 7 heteroatoms. The van der Waals surface area contributed by atoms with Gasteiger partial charge in [-0.15, -0.1) is 0 Å². The number of carbonyl (C=O) groups excluding carboxylic acids is 2. The Morgan fingerprint density at radius 3 is 2.58 bits per heavy atom. The molecule has 1 aliphatic rings. The second-order valence-corrected chi connectivity index (χ2v) is 7.94. The average molecular weight is 425 g/mol. The van der Waals surface area contributed by atoms with Crippen molar-refractivity contribution in [1.29, 1.82) is 0 Å². The van der Waals surface area contributed by atoms with Crippen molar-refractivity contribution in [1.82, 2.24) is 15.2 Å². The third-order valence-electron chi connectivity index (χ3n) is 5.99. The molecule has 31 heavy (non-hydrogen) atoms. The minimum Gasteiger partial charge on any atom is -0.360 e. The maximum absolute atomic E-state index is 14.9. The average Bonchev–Trinajstić information content (AvgIpc) is 3.23. The lowest BCUT2D eigenvalue weighted by Crippen LogP contribution is -2.46. The van der Waals surface area contributed by atoms with Gasteiger partial charge in [0.2, 0.25) is 0 Å². The Kier molecular flexibility index (Phi) is 6.02. The van der Waals surface area contributed by atoms with Crippen molar-refractivity contribution in [3.63, 3.8) is 0 Å². The summed E-state index contributed by atoms with van der Waals surface area (Å²) < 4.78 is 29.4. The summed E-state index contributed by atoms with van der Waals surface area (Å²) in [4.78, 5) is 29.8. The van der Waals surface area contributed by atoms with Gasteiger partial charge in [0, 0.05) is 36.3 Å². The molecule has 1 fully saturated rings. The van der Waals surface area contributed by atoms with Gasteiger partial charge in [-0.25, -0.2) is 8.78 Å². The highest BCUT2D eigenvalue weighted by Crippen LogP contribution is 2.30. The third kappa shape index (κ3) is 4.17. The molecule has 0 saturated heterocycles. The van der Waals surface area contributed by atoms with E-state index in [4.69, 9.17) is 0 Å². The third-order valence-corrected chi connectivity index (χ3v) is 5.99. The Bertz CT molecular complexity index is 1090. The first-order valence-electron chi connectivity index (χ1n) is 10.5. The van der Waals surface area contributed by atoms with E-state index in [1.165, 1.54) is 17.2 Å². The molecule has 0 aliphatic heterocycles. The Hall–Kier alpha value is -3.22. The quantitative estimate of drug-likeness (QED) is 0.628. The monoisotopic (exact) mass is 425 g/mol. The lowest BCUT2D eigenvalue weighted by molar-refractivity contribution is 0.0435. The summed E-state index contributed by atoms with van der Waals surface area (Å²) in [6, 6.07) is 10.9. The van der Waals surface area contributed by atoms with Gasteiger partial charge in [0.25, 0.3) is 11.8 Å². The Morgan fingerprint density at radius 1 is 1.13 bits per heavy atom. The number of halogens is 2. The van der Waals surface area contributed by atoms with E-state index in [1.807, 2.05) is 0 Å². The van der Waals surface area contributed by atoms with Crippen molar-refractivity contribution in [3.8, 4) is 0 Å². The highest BCUT2D eigenvalue weighted by atomic mass is 19.1. The van der Waals surface area contributed by atoms with Crippen LogP contribution in [0.4, 0.5) is 8.78 Å². The van der Waals surface area contributed by atoms with Crippen LogP contribution in [0.15, 0.2) is 48.7 Å². The van der Waals surface area contributed by atoms with E-state index >= 15 is 0 Å². The molecule has 5 nitrogen and oxygen atoms in total. The Labute approximate surface area is 179 Å². The Balaban J connectivity index is 1.69. The summed E-state index contributed by atoms with van der Waals surface area (Å²) in [5.74, 6) is -1.09. The number of H-pyrrole nitrogens is 1. The van der Waals surface area contributed by atoms with Crippen LogP contribution in [0.1, 0.15) is 52.0 Å². The van der Waals surface area contributed by atoms with Crippen molar-refractivity contribution in [2.75, 3.05) is 7.05 Å². The van der Waals surface area contributed by atoms with Crippen LogP contribution < -0.4 is 5.32 Å². The van der Waals surface area contributed by atoms with Crippen LogP contribution in [0.25, 0.3) is 10.9 Å². The summed E-state index contributed by atoms with van der Waals surface area (Å²) in [6.07, 6.45) is 2.97. The van der Waals surface area contributed by atoms with Crippen molar-refractivity contribution in [3.05, 3.63) is 71.2 Å². The van der Waals surface area contributed by atoms with Crippen molar-refractivity contribution in [2.45, 2.75) is 44.4 Å². The topological polar surface area (TPSA) is 65.2 Å². The number of aromatic amines is 1. The second-order valence-electron chi connectivity index (χ2n) is 7.94. The first-order chi connectivity index (χ1) is 15.0. The molecule has 1 aromatic heterocycles. The van der Waals surface area contributed by atoms with Gasteiger partial charge in [0.15, 0.2) is 0 Å². The van der Waals surface area contributed by atoms with Crippen LogP contribution >= 0.6 is 0 Å². The van der Waals surface area contributed by atoms with E-state index in [1.54, 1.807) is 43.4 Å². The van der Waals surface area contributed by atoms with Crippen LogP contribution in [-0.2, 0) is 6.54 Å². The number of benzene rings is 2. The molecule has 162 valence electrons. The number of fused-ring (bicyclic) bond motifs is 1. The van der Waals surface area contributed by atoms with Gasteiger partial charge in [-0.1, -0.05) is 31.0 Å². The minimum absolute atomic E-state index is 0.180. The van der Waals surface area contributed by atoms with Gasteiger partial charge < -0.3 is 15.2 Å². The van der Waals surface area contributed by atoms with Gasteiger partial charge >= 0.3 is 0 Å². The molecule has 0 spiro atoms. The fraction of sp³-hybridized carbons (Fsp3) is 0.333. The molecule has 0 bridgehead atoms. The van der Waals surface area contributed by atoms with E-state index in [2.05, 4.69) is 10.3 Å².